The van der Waals surface area contributed by atoms with Crippen molar-refractivity contribution < 1.29 is 24.2 Å². The van der Waals surface area contributed by atoms with E-state index in [2.05, 4.69) is 23.0 Å². The lowest BCUT2D eigenvalue weighted by Crippen LogP contribution is -2.45. The van der Waals surface area contributed by atoms with Crippen molar-refractivity contribution in [2.24, 2.45) is 32.4 Å². The molecule has 4 aliphatic rings. The van der Waals surface area contributed by atoms with Crippen LogP contribution in [0.2, 0.25) is 0 Å². The first-order chi connectivity index (χ1) is 18.9. The molecule has 8 heteroatoms. The Balaban J connectivity index is 1.32. The molecule has 0 saturated heterocycles. The standard InChI is InChI=1S/C31H37N3O5/c1-4-37-30(36)16-38-28-14-23-21(11-18(28)2)20-9-10-31(3)24(6-8-29(31)35)22(20)13-26(23)34-39-15-19-5-7-25-27(12-19)33-17-32-25/h5,7,11-12,14,20,22,24,29,35H,4,6,8-10,13,15-17H2,1-3H3/b34-26+. The molecule has 6 rings (SSSR count). The van der Waals surface area contributed by atoms with Crippen LogP contribution in [0, 0.1) is 24.2 Å². The number of aryl methyl sites for hydroxylation is 1. The molecule has 3 aliphatic carbocycles. The molecule has 2 aromatic rings. The molecule has 2 fully saturated rings. The Kier molecular flexibility index (Phi) is 6.91. The molecule has 1 heterocycles. The summed E-state index contributed by atoms with van der Waals surface area (Å²) in [4.78, 5) is 26.7. The molecule has 5 unspecified atom stereocenters. The highest BCUT2D eigenvalue weighted by atomic mass is 16.6. The molecular weight excluding hydrogens is 494 g/mol. The highest BCUT2D eigenvalue weighted by molar-refractivity contribution is 6.03. The van der Waals surface area contributed by atoms with Gasteiger partial charge >= 0.3 is 5.97 Å². The minimum absolute atomic E-state index is 0.0403. The van der Waals surface area contributed by atoms with E-state index in [0.29, 0.717) is 43.4 Å². The second-order valence-corrected chi connectivity index (χ2v) is 11.6. The molecule has 0 radical (unpaired) electrons. The quantitative estimate of drug-likeness (QED) is 0.433. The average molecular weight is 532 g/mol. The first-order valence-electron chi connectivity index (χ1n) is 14.2. The number of nitrogens with zero attached hydrogens (tertiary/aromatic N) is 3. The Morgan fingerprint density at radius 3 is 2.85 bits per heavy atom. The predicted molar refractivity (Wildman–Crippen MR) is 145 cm³/mol. The van der Waals surface area contributed by atoms with Crippen LogP contribution in [0.15, 0.2) is 45.5 Å². The number of aliphatic hydroxyl groups is 1. The monoisotopic (exact) mass is 531 g/mol. The molecule has 0 bridgehead atoms. The Bertz CT molecular complexity index is 1440. The number of benzene rings is 2. The molecule has 2 saturated carbocycles. The van der Waals surface area contributed by atoms with Crippen LogP contribution in [0.1, 0.15) is 74.1 Å². The normalized spacial score (nSPS) is 29.4. The summed E-state index contributed by atoms with van der Waals surface area (Å²) in [6.45, 7) is 7.10. The lowest BCUT2D eigenvalue weighted by molar-refractivity contribution is -0.145. The van der Waals surface area contributed by atoms with Crippen LogP contribution in [0.25, 0.3) is 0 Å². The van der Waals surface area contributed by atoms with Crippen molar-refractivity contribution in [1.29, 1.82) is 0 Å². The van der Waals surface area contributed by atoms with Gasteiger partial charge in [-0.3, -0.25) is 9.98 Å². The van der Waals surface area contributed by atoms with Crippen LogP contribution in [0.4, 0.5) is 0 Å². The van der Waals surface area contributed by atoms with Crippen molar-refractivity contribution in [2.75, 3.05) is 19.9 Å². The highest BCUT2D eigenvalue weighted by Gasteiger charge is 2.55. The van der Waals surface area contributed by atoms with E-state index in [1.165, 1.54) is 5.56 Å². The average Bonchev–Trinajstić information content (AvgIpc) is 3.51. The Hall–Kier alpha value is -3.26. The van der Waals surface area contributed by atoms with Gasteiger partial charge in [-0.15, -0.1) is 0 Å². The number of hydrogen-bond donors (Lipinski definition) is 1. The zero-order valence-electron chi connectivity index (χ0n) is 23.0. The predicted octanol–water partition coefficient (Wildman–Crippen LogP) is 3.74. The molecule has 0 aromatic heterocycles. The number of ether oxygens (including phenoxy) is 2. The minimum Gasteiger partial charge on any atom is -0.482 e. The summed E-state index contributed by atoms with van der Waals surface area (Å²) in [6.07, 6.45) is 4.55. The topological polar surface area (TPSA) is 102 Å². The summed E-state index contributed by atoms with van der Waals surface area (Å²) in [5.74, 6) is 1.54. The van der Waals surface area contributed by atoms with Gasteiger partial charge < -0.3 is 19.4 Å². The third-order valence-corrected chi connectivity index (χ3v) is 9.45. The van der Waals surface area contributed by atoms with Crippen LogP contribution in [-0.4, -0.2) is 42.8 Å². The number of hydrogen-bond acceptors (Lipinski definition) is 8. The fourth-order valence-corrected chi connectivity index (χ4v) is 7.40. The molecule has 2 aromatic carbocycles. The number of carbonyl (C=O) groups excluding carboxylic acids is 1. The molecule has 1 aliphatic heterocycles. The smallest absolute Gasteiger partial charge is 0.344 e. The van der Waals surface area contributed by atoms with Crippen molar-refractivity contribution >= 4 is 11.7 Å². The molecule has 39 heavy (non-hydrogen) atoms. The summed E-state index contributed by atoms with van der Waals surface area (Å²) in [5.41, 5.74) is 5.16. The summed E-state index contributed by atoms with van der Waals surface area (Å²) < 4.78 is 10.9. The molecule has 1 N–H and O–H groups in total. The van der Waals surface area contributed by atoms with Crippen LogP contribution in [-0.2, 0) is 21.0 Å². The van der Waals surface area contributed by atoms with Gasteiger partial charge in [0.2, 0.25) is 0 Å². The van der Waals surface area contributed by atoms with Gasteiger partial charge in [-0.05, 0) is 104 Å². The second-order valence-electron chi connectivity index (χ2n) is 11.6. The van der Waals surface area contributed by atoms with E-state index < -0.39 is 0 Å². The summed E-state index contributed by atoms with van der Waals surface area (Å²) >= 11 is 0. The first-order valence-corrected chi connectivity index (χ1v) is 14.2. The van der Waals surface area contributed by atoms with Crippen molar-refractivity contribution in [1.82, 2.24) is 0 Å². The largest absolute Gasteiger partial charge is 0.482 e. The highest BCUT2D eigenvalue weighted by Crippen LogP contribution is 2.61. The number of fused-ring (bicyclic) bond motifs is 6. The van der Waals surface area contributed by atoms with Gasteiger partial charge in [0.25, 0.3) is 0 Å². The van der Waals surface area contributed by atoms with E-state index in [-0.39, 0.29) is 24.1 Å². The maximum Gasteiger partial charge on any atom is 0.344 e. The summed E-state index contributed by atoms with van der Waals surface area (Å²) in [6, 6.07) is 10.2. The molecular formula is C31H37N3O5. The number of oxime groups is 1. The van der Waals surface area contributed by atoms with Crippen LogP contribution in [0.5, 0.6) is 5.75 Å². The Morgan fingerprint density at radius 2 is 2.00 bits per heavy atom. The summed E-state index contributed by atoms with van der Waals surface area (Å²) in [7, 11) is 0. The first kappa shape index (κ1) is 26.0. The Labute approximate surface area is 228 Å². The Morgan fingerprint density at radius 1 is 1.15 bits per heavy atom. The molecule has 5 atom stereocenters. The third-order valence-electron chi connectivity index (χ3n) is 9.45. The van der Waals surface area contributed by atoms with Crippen molar-refractivity contribution in [3.8, 4) is 5.75 Å². The van der Waals surface area contributed by atoms with E-state index in [4.69, 9.17) is 19.5 Å². The van der Waals surface area contributed by atoms with Crippen LogP contribution < -0.4 is 15.5 Å². The fourth-order valence-electron chi connectivity index (χ4n) is 7.40. The van der Waals surface area contributed by atoms with E-state index in [1.807, 2.05) is 31.2 Å². The van der Waals surface area contributed by atoms with Gasteiger partial charge in [0, 0.05) is 5.56 Å². The number of carbonyl (C=O) groups is 1. The van der Waals surface area contributed by atoms with E-state index in [1.54, 1.807) is 6.92 Å². The van der Waals surface area contributed by atoms with Crippen molar-refractivity contribution in [3.05, 3.63) is 63.3 Å². The molecule has 0 spiro atoms. The molecule has 206 valence electrons. The van der Waals surface area contributed by atoms with E-state index in [0.717, 1.165) is 65.2 Å². The minimum atomic E-state index is -0.382. The number of esters is 1. The zero-order valence-corrected chi connectivity index (χ0v) is 23.0. The fraction of sp³-hybridized carbons (Fsp3) is 0.548. The van der Waals surface area contributed by atoms with Crippen molar-refractivity contribution in [2.45, 2.75) is 71.5 Å². The number of rotatable bonds is 7. The van der Waals surface area contributed by atoms with Gasteiger partial charge in [-0.1, -0.05) is 24.2 Å². The lowest BCUT2D eigenvalue weighted by Gasteiger charge is -2.50. The van der Waals surface area contributed by atoms with Gasteiger partial charge in [-0.2, -0.15) is 0 Å². The molecule has 8 nitrogen and oxygen atoms in total. The zero-order chi connectivity index (χ0) is 27.1. The van der Waals surface area contributed by atoms with Crippen LogP contribution in [0.3, 0.4) is 0 Å². The third kappa shape index (κ3) is 4.73. The maximum atomic E-state index is 12.0. The van der Waals surface area contributed by atoms with Gasteiger partial charge in [-0.25, -0.2) is 4.79 Å². The van der Waals surface area contributed by atoms with Crippen LogP contribution >= 0.6 is 0 Å². The second kappa shape index (κ2) is 10.4. The lowest BCUT2D eigenvalue weighted by atomic mass is 9.55. The summed E-state index contributed by atoms with van der Waals surface area (Å²) in [5, 5.41) is 17.4. The van der Waals surface area contributed by atoms with Crippen molar-refractivity contribution in [3.63, 3.8) is 0 Å². The number of aliphatic hydroxyl groups excluding tert-OH is 1. The maximum absolute atomic E-state index is 12.0. The van der Waals surface area contributed by atoms with Gasteiger partial charge in [0.1, 0.15) is 19.0 Å². The van der Waals surface area contributed by atoms with Gasteiger partial charge in [0.15, 0.2) is 6.61 Å². The van der Waals surface area contributed by atoms with E-state index >= 15 is 0 Å². The van der Waals surface area contributed by atoms with E-state index in [9.17, 15) is 9.90 Å². The van der Waals surface area contributed by atoms with Gasteiger partial charge in [0.05, 0.1) is 29.1 Å². The SMILES string of the molecule is CCOC(=O)COc1cc2c(cc1C)C1CCC3(C)C(O)CCC3C1C/C2=N\OCc1ccc2c(c1)=NCN=2. The molecule has 0 amide bonds.